The van der Waals surface area contributed by atoms with Gasteiger partial charge in [0.05, 0.1) is 12.8 Å². The van der Waals surface area contributed by atoms with Crippen LogP contribution in [0.15, 0.2) is 48.5 Å². The van der Waals surface area contributed by atoms with Gasteiger partial charge in [0.25, 0.3) is 0 Å². The Morgan fingerprint density at radius 3 is 2.76 bits per heavy atom. The molecule has 0 aliphatic heterocycles. The third-order valence-corrected chi connectivity index (χ3v) is 2.96. The second-order valence-corrected chi connectivity index (χ2v) is 4.46. The van der Waals surface area contributed by atoms with Gasteiger partial charge in [0, 0.05) is 6.54 Å². The van der Waals surface area contributed by atoms with Gasteiger partial charge in [0.2, 0.25) is 0 Å². The normalized spacial score (nSPS) is 10.0. The number of hydrogen-bond donors (Lipinski definition) is 2. The lowest BCUT2D eigenvalue weighted by Gasteiger charge is -2.09. The van der Waals surface area contributed by atoms with Crippen molar-refractivity contribution in [1.29, 1.82) is 0 Å². The van der Waals surface area contributed by atoms with Crippen LogP contribution in [0.3, 0.4) is 0 Å². The molecule has 4 nitrogen and oxygen atoms in total. The number of hydrogen-bond acceptors (Lipinski definition) is 2. The summed E-state index contributed by atoms with van der Waals surface area (Å²) >= 11 is 0. The lowest BCUT2D eigenvalue weighted by atomic mass is 10.1. The smallest absolute Gasteiger partial charge is 0.319 e. The highest BCUT2D eigenvalue weighted by atomic mass is 19.1. The molecule has 21 heavy (non-hydrogen) atoms. The molecule has 0 aliphatic carbocycles. The molecule has 0 bridgehead atoms. The van der Waals surface area contributed by atoms with E-state index in [0.29, 0.717) is 13.0 Å². The van der Waals surface area contributed by atoms with Gasteiger partial charge >= 0.3 is 6.03 Å². The molecule has 2 aromatic carbocycles. The third-order valence-electron chi connectivity index (χ3n) is 2.96. The minimum absolute atomic E-state index is 0.163. The summed E-state index contributed by atoms with van der Waals surface area (Å²) in [4.78, 5) is 11.7. The molecule has 0 unspecified atom stereocenters. The SMILES string of the molecule is COc1cccc(CCNC(=O)Nc2ccccc2F)c1. The van der Waals surface area contributed by atoms with Crippen molar-refractivity contribution < 1.29 is 13.9 Å². The quantitative estimate of drug-likeness (QED) is 0.887. The maximum Gasteiger partial charge on any atom is 0.319 e. The number of rotatable bonds is 5. The number of benzene rings is 2. The number of halogens is 1. The van der Waals surface area contributed by atoms with Crippen molar-refractivity contribution in [2.24, 2.45) is 0 Å². The van der Waals surface area contributed by atoms with Gasteiger partial charge in [-0.3, -0.25) is 0 Å². The number of nitrogens with one attached hydrogen (secondary N) is 2. The summed E-state index contributed by atoms with van der Waals surface area (Å²) in [6.45, 7) is 0.452. The molecule has 0 saturated heterocycles. The Bertz CT molecular complexity index is 617. The van der Waals surface area contributed by atoms with E-state index < -0.39 is 11.8 Å². The van der Waals surface area contributed by atoms with E-state index in [0.717, 1.165) is 11.3 Å². The highest BCUT2D eigenvalue weighted by Crippen LogP contribution is 2.13. The van der Waals surface area contributed by atoms with Crippen LogP contribution >= 0.6 is 0 Å². The van der Waals surface area contributed by atoms with Gasteiger partial charge in [-0.1, -0.05) is 24.3 Å². The van der Waals surface area contributed by atoms with Crippen molar-refractivity contribution >= 4 is 11.7 Å². The van der Waals surface area contributed by atoms with Crippen molar-refractivity contribution in [2.75, 3.05) is 19.0 Å². The minimum Gasteiger partial charge on any atom is -0.497 e. The van der Waals surface area contributed by atoms with Crippen LogP contribution in [-0.2, 0) is 6.42 Å². The molecule has 2 N–H and O–H groups in total. The Balaban J connectivity index is 1.80. The molecule has 0 aromatic heterocycles. The van der Waals surface area contributed by atoms with E-state index >= 15 is 0 Å². The zero-order valence-corrected chi connectivity index (χ0v) is 11.7. The predicted octanol–water partition coefficient (Wildman–Crippen LogP) is 3.20. The van der Waals surface area contributed by atoms with Crippen LogP contribution in [0.2, 0.25) is 0 Å². The number of amides is 2. The topological polar surface area (TPSA) is 50.4 Å². The van der Waals surface area contributed by atoms with Gasteiger partial charge in [-0.2, -0.15) is 0 Å². The van der Waals surface area contributed by atoms with E-state index in [-0.39, 0.29) is 5.69 Å². The van der Waals surface area contributed by atoms with Crippen LogP contribution in [0, 0.1) is 5.82 Å². The number of urea groups is 1. The van der Waals surface area contributed by atoms with Gasteiger partial charge < -0.3 is 15.4 Å². The summed E-state index contributed by atoms with van der Waals surface area (Å²) in [5.41, 5.74) is 1.22. The molecule has 0 spiro atoms. The van der Waals surface area contributed by atoms with Gasteiger partial charge in [-0.15, -0.1) is 0 Å². The van der Waals surface area contributed by atoms with Crippen molar-refractivity contribution in [3.63, 3.8) is 0 Å². The summed E-state index contributed by atoms with van der Waals surface area (Å²) < 4.78 is 18.5. The first-order chi connectivity index (χ1) is 10.2. The molecule has 0 aliphatic rings. The number of para-hydroxylation sites is 1. The summed E-state index contributed by atoms with van der Waals surface area (Å²) in [6, 6.07) is 13.2. The molecule has 2 amide bonds. The molecule has 2 aromatic rings. The average Bonchev–Trinajstić information content (AvgIpc) is 2.50. The number of carbonyl (C=O) groups is 1. The Hall–Kier alpha value is -2.56. The van der Waals surface area contributed by atoms with E-state index in [1.54, 1.807) is 19.2 Å². The number of anilines is 1. The number of methoxy groups -OCH3 is 1. The molecule has 0 atom stereocenters. The maximum absolute atomic E-state index is 13.4. The van der Waals surface area contributed by atoms with Gasteiger partial charge in [-0.05, 0) is 36.2 Å². The Kier molecular flexibility index (Phi) is 5.15. The minimum atomic E-state index is -0.458. The lowest BCUT2D eigenvalue weighted by Crippen LogP contribution is -2.30. The molecule has 5 heteroatoms. The standard InChI is InChI=1S/C16H17FN2O2/c1-21-13-6-4-5-12(11-13)9-10-18-16(20)19-15-8-3-2-7-14(15)17/h2-8,11H,9-10H2,1H3,(H2,18,19,20). The monoisotopic (exact) mass is 288 g/mol. The third kappa shape index (κ3) is 4.49. The van der Waals surface area contributed by atoms with E-state index in [9.17, 15) is 9.18 Å². The summed E-state index contributed by atoms with van der Waals surface area (Å²) in [5.74, 6) is 0.323. The van der Waals surface area contributed by atoms with Crippen LogP contribution < -0.4 is 15.4 Å². The molecule has 2 rings (SSSR count). The van der Waals surface area contributed by atoms with Crippen LogP contribution in [-0.4, -0.2) is 19.7 Å². The van der Waals surface area contributed by atoms with Gasteiger partial charge in [0.1, 0.15) is 11.6 Å². The maximum atomic E-state index is 13.4. The fraction of sp³-hybridized carbons (Fsp3) is 0.188. The second-order valence-electron chi connectivity index (χ2n) is 4.46. The van der Waals surface area contributed by atoms with Crippen molar-refractivity contribution in [1.82, 2.24) is 5.32 Å². The fourth-order valence-corrected chi connectivity index (χ4v) is 1.88. The summed E-state index contributed by atoms with van der Waals surface area (Å²) in [5, 5.41) is 5.16. The first-order valence-corrected chi connectivity index (χ1v) is 6.61. The molecule has 0 heterocycles. The first kappa shape index (κ1) is 14.8. The van der Waals surface area contributed by atoms with Crippen LogP contribution in [0.1, 0.15) is 5.56 Å². The van der Waals surface area contributed by atoms with Crippen molar-refractivity contribution in [3.8, 4) is 5.75 Å². The molecule has 110 valence electrons. The fourth-order valence-electron chi connectivity index (χ4n) is 1.88. The average molecular weight is 288 g/mol. The molecule has 0 saturated carbocycles. The molecular weight excluding hydrogens is 271 g/mol. The summed E-state index contributed by atoms with van der Waals surface area (Å²) in [6.07, 6.45) is 0.669. The highest BCUT2D eigenvalue weighted by Gasteiger charge is 2.05. The van der Waals surface area contributed by atoms with Crippen LogP contribution in [0.25, 0.3) is 0 Å². The Labute approximate surface area is 122 Å². The van der Waals surface area contributed by atoms with E-state index in [1.165, 1.54) is 12.1 Å². The zero-order chi connectivity index (χ0) is 15.1. The van der Waals surface area contributed by atoms with Crippen LogP contribution in [0.4, 0.5) is 14.9 Å². The summed E-state index contributed by atoms with van der Waals surface area (Å²) in [7, 11) is 1.61. The highest BCUT2D eigenvalue weighted by molar-refractivity contribution is 5.89. The number of carbonyl (C=O) groups excluding carboxylic acids is 1. The van der Waals surface area contributed by atoms with Crippen molar-refractivity contribution in [3.05, 3.63) is 59.9 Å². The molecular formula is C16H17FN2O2. The van der Waals surface area contributed by atoms with E-state index in [2.05, 4.69) is 10.6 Å². The van der Waals surface area contributed by atoms with Gasteiger partial charge in [0.15, 0.2) is 0 Å². The zero-order valence-electron chi connectivity index (χ0n) is 11.7. The first-order valence-electron chi connectivity index (χ1n) is 6.61. The van der Waals surface area contributed by atoms with Gasteiger partial charge in [-0.25, -0.2) is 9.18 Å². The largest absolute Gasteiger partial charge is 0.497 e. The van der Waals surface area contributed by atoms with E-state index in [1.807, 2.05) is 24.3 Å². The van der Waals surface area contributed by atoms with E-state index in [4.69, 9.17) is 4.74 Å². The number of ether oxygens (including phenoxy) is 1. The second kappa shape index (κ2) is 7.28. The predicted molar refractivity (Wildman–Crippen MR) is 80.1 cm³/mol. The van der Waals surface area contributed by atoms with Crippen molar-refractivity contribution in [2.45, 2.75) is 6.42 Å². The molecule has 0 radical (unpaired) electrons. The lowest BCUT2D eigenvalue weighted by molar-refractivity contribution is 0.252. The molecule has 0 fully saturated rings. The Morgan fingerprint density at radius 1 is 1.19 bits per heavy atom. The Morgan fingerprint density at radius 2 is 2.00 bits per heavy atom. The van der Waals surface area contributed by atoms with Crippen LogP contribution in [0.5, 0.6) is 5.75 Å².